The molecule has 3 aromatic rings. The Balaban J connectivity index is 1.75. The van der Waals surface area contributed by atoms with Crippen molar-refractivity contribution < 1.29 is 14.3 Å². The van der Waals surface area contributed by atoms with Gasteiger partial charge in [0.1, 0.15) is 5.75 Å². The molecule has 0 saturated carbocycles. The third kappa shape index (κ3) is 6.82. The Kier molecular flexibility index (Phi) is 9.69. The molecule has 11 nitrogen and oxygen atoms in total. The summed E-state index contributed by atoms with van der Waals surface area (Å²) in [6.07, 6.45) is 2.95. The van der Waals surface area contributed by atoms with E-state index in [1.54, 1.807) is 29.2 Å². The summed E-state index contributed by atoms with van der Waals surface area (Å²) < 4.78 is 6.63. The van der Waals surface area contributed by atoms with Gasteiger partial charge in [0.15, 0.2) is 5.82 Å². The first-order chi connectivity index (χ1) is 20.0. The number of likely N-dealkylation sites (N-methyl/N-ethyl adjacent to an activating group) is 2. The lowest BCUT2D eigenvalue weighted by atomic mass is 10.1. The molecule has 0 saturated heterocycles. The van der Waals surface area contributed by atoms with E-state index in [-0.39, 0.29) is 23.9 Å². The number of anilines is 6. The van der Waals surface area contributed by atoms with Crippen LogP contribution in [0.15, 0.2) is 59.7 Å². The Morgan fingerprint density at radius 1 is 1.17 bits per heavy atom. The van der Waals surface area contributed by atoms with E-state index in [0.717, 1.165) is 28.8 Å². The van der Waals surface area contributed by atoms with E-state index in [9.17, 15) is 9.59 Å². The first-order valence-corrected chi connectivity index (χ1v) is 14.3. The predicted octanol–water partition coefficient (Wildman–Crippen LogP) is 5.60. The van der Waals surface area contributed by atoms with Gasteiger partial charge in [0, 0.05) is 48.5 Å². The second-order valence-corrected chi connectivity index (χ2v) is 11.4. The zero-order valence-corrected chi connectivity index (χ0v) is 26.4. The summed E-state index contributed by atoms with van der Waals surface area (Å²) in [6, 6.07) is 11.0. The quantitative estimate of drug-likeness (QED) is 0.262. The second kappa shape index (κ2) is 13.2. The van der Waals surface area contributed by atoms with Crippen LogP contribution in [0.4, 0.5) is 39.3 Å². The van der Waals surface area contributed by atoms with Crippen molar-refractivity contribution in [3.63, 3.8) is 0 Å². The van der Waals surface area contributed by atoms with Crippen molar-refractivity contribution in [2.24, 2.45) is 0 Å². The average molecular weight is 638 g/mol. The molecule has 0 fully saturated rings. The van der Waals surface area contributed by atoms with Crippen LogP contribution < -0.4 is 25.2 Å². The van der Waals surface area contributed by atoms with Crippen molar-refractivity contribution in [1.29, 1.82) is 0 Å². The van der Waals surface area contributed by atoms with E-state index in [1.165, 1.54) is 6.08 Å². The van der Waals surface area contributed by atoms with Crippen molar-refractivity contribution in [3.05, 3.63) is 65.3 Å². The highest BCUT2D eigenvalue weighted by atomic mass is 79.9. The number of carbonyl (C=O) groups is 2. The molecule has 0 aliphatic carbocycles. The first-order valence-electron chi connectivity index (χ1n) is 13.5. The van der Waals surface area contributed by atoms with Crippen LogP contribution in [0.5, 0.6) is 5.75 Å². The monoisotopic (exact) mass is 636 g/mol. The van der Waals surface area contributed by atoms with Gasteiger partial charge in [-0.15, -0.1) is 0 Å². The maximum absolute atomic E-state index is 13.6. The van der Waals surface area contributed by atoms with Gasteiger partial charge < -0.3 is 30.1 Å². The fraction of sp³-hybridized carbons (Fsp3) is 0.333. The minimum absolute atomic E-state index is 0.00997. The molecule has 2 N–H and O–H groups in total. The van der Waals surface area contributed by atoms with E-state index in [0.29, 0.717) is 35.2 Å². The molecule has 12 heteroatoms. The fourth-order valence-electron chi connectivity index (χ4n) is 4.49. The van der Waals surface area contributed by atoms with Gasteiger partial charge in [0.05, 0.1) is 36.4 Å². The number of urea groups is 1. The van der Waals surface area contributed by atoms with Gasteiger partial charge >= 0.3 is 6.03 Å². The van der Waals surface area contributed by atoms with E-state index in [1.807, 2.05) is 70.2 Å². The maximum atomic E-state index is 13.6. The van der Waals surface area contributed by atoms with Gasteiger partial charge in [-0.1, -0.05) is 22.5 Å². The summed E-state index contributed by atoms with van der Waals surface area (Å²) in [7, 11) is 7.54. The third-order valence-electron chi connectivity index (χ3n) is 6.84. The van der Waals surface area contributed by atoms with Gasteiger partial charge in [-0.25, -0.2) is 14.7 Å². The number of halogens is 1. The van der Waals surface area contributed by atoms with Crippen molar-refractivity contribution in [1.82, 2.24) is 19.8 Å². The minimum Gasteiger partial charge on any atom is -0.494 e. The van der Waals surface area contributed by atoms with Crippen LogP contribution in [0.25, 0.3) is 0 Å². The molecule has 0 bridgehead atoms. The van der Waals surface area contributed by atoms with Gasteiger partial charge in [-0.3, -0.25) is 4.79 Å². The van der Waals surface area contributed by atoms with E-state index in [2.05, 4.69) is 43.0 Å². The summed E-state index contributed by atoms with van der Waals surface area (Å²) in [5, 5.41) is 6.14. The number of aromatic nitrogens is 2. The van der Waals surface area contributed by atoms with Crippen molar-refractivity contribution in [2.75, 3.05) is 61.8 Å². The number of hydrogen-bond donors (Lipinski definition) is 2. The van der Waals surface area contributed by atoms with Crippen molar-refractivity contribution in [2.45, 2.75) is 26.4 Å². The van der Waals surface area contributed by atoms with Crippen LogP contribution in [-0.4, -0.2) is 79.1 Å². The maximum Gasteiger partial charge on any atom is 0.330 e. The molecule has 2 aromatic carbocycles. The van der Waals surface area contributed by atoms with Crippen LogP contribution in [-0.2, 0) is 11.3 Å². The van der Waals surface area contributed by atoms with E-state index >= 15 is 0 Å². The highest BCUT2D eigenvalue weighted by Crippen LogP contribution is 2.39. The zero-order chi connectivity index (χ0) is 30.6. The smallest absolute Gasteiger partial charge is 0.330 e. The first kappa shape index (κ1) is 30.8. The molecule has 4 rings (SSSR count). The summed E-state index contributed by atoms with van der Waals surface area (Å²) in [4.78, 5) is 42.8. The second-order valence-electron chi connectivity index (χ2n) is 10.5. The fourth-order valence-corrected chi connectivity index (χ4v) is 4.75. The molecule has 0 atom stereocenters. The lowest BCUT2D eigenvalue weighted by Crippen LogP contribution is -2.48. The van der Waals surface area contributed by atoms with Crippen LogP contribution in [0.3, 0.4) is 0 Å². The number of amides is 3. The molecular formula is C30H37BrN8O3. The highest BCUT2D eigenvalue weighted by molar-refractivity contribution is 9.10. The van der Waals surface area contributed by atoms with Crippen LogP contribution >= 0.6 is 15.9 Å². The van der Waals surface area contributed by atoms with Crippen LogP contribution in [0.2, 0.25) is 0 Å². The Bertz CT molecular complexity index is 1460. The molecule has 2 heterocycles. The summed E-state index contributed by atoms with van der Waals surface area (Å²) in [5.74, 6) is 0.966. The topological polar surface area (TPSA) is 106 Å². The summed E-state index contributed by atoms with van der Waals surface area (Å²) in [5.41, 5.74) is 3.41. The normalized spacial score (nSPS) is 12.8. The molecule has 1 aliphatic rings. The Morgan fingerprint density at radius 2 is 1.88 bits per heavy atom. The lowest BCUT2D eigenvalue weighted by Gasteiger charge is -2.38. The van der Waals surface area contributed by atoms with Crippen molar-refractivity contribution in [3.8, 4) is 5.75 Å². The summed E-state index contributed by atoms with van der Waals surface area (Å²) >= 11 is 3.47. The largest absolute Gasteiger partial charge is 0.494 e. The highest BCUT2D eigenvalue weighted by Gasteiger charge is 2.34. The molecule has 1 aromatic heterocycles. The Morgan fingerprint density at radius 3 is 2.50 bits per heavy atom. The SMILES string of the molecule is C=CC(=O)Nc1cc(Nc2ncc3c(n2)N(c2ccc(Br)cc2)C(=O)N(C(C)C)C3)c(OC)cc1N(C)CCN(C)C. The van der Waals surface area contributed by atoms with Crippen LogP contribution in [0.1, 0.15) is 19.4 Å². The number of nitrogens with zero attached hydrogens (tertiary/aromatic N) is 6. The molecule has 1 aliphatic heterocycles. The number of hydrogen-bond acceptors (Lipinski definition) is 8. The van der Waals surface area contributed by atoms with E-state index < -0.39 is 0 Å². The van der Waals surface area contributed by atoms with Gasteiger partial charge in [-0.2, -0.15) is 4.98 Å². The molecule has 0 radical (unpaired) electrons. The standard InChI is InChI=1S/C30H37BrN8O3/c1-8-27(40)33-23-15-24(26(42-7)16-25(23)37(6)14-13-36(4)5)34-29-32-17-20-18-38(19(2)3)30(41)39(28(20)35-29)22-11-9-21(31)10-12-22/h8-12,15-17,19H,1,13-14,18H2,2-7H3,(H,33,40)(H,32,34,35). The molecule has 3 amide bonds. The number of fused-ring (bicyclic) bond motifs is 1. The van der Waals surface area contributed by atoms with Crippen molar-refractivity contribution >= 4 is 62.4 Å². The number of ether oxygens (including phenoxy) is 1. The lowest BCUT2D eigenvalue weighted by molar-refractivity contribution is -0.111. The average Bonchev–Trinajstić information content (AvgIpc) is 2.96. The van der Waals surface area contributed by atoms with E-state index in [4.69, 9.17) is 9.72 Å². The summed E-state index contributed by atoms with van der Waals surface area (Å²) in [6.45, 7) is 9.49. The minimum atomic E-state index is -0.336. The molecule has 0 unspecified atom stereocenters. The molecule has 222 valence electrons. The van der Waals surface area contributed by atoms with Crippen LogP contribution in [0, 0.1) is 0 Å². The third-order valence-corrected chi connectivity index (χ3v) is 7.37. The number of methoxy groups -OCH3 is 1. The number of rotatable bonds is 11. The number of benzene rings is 2. The number of nitrogens with one attached hydrogen (secondary N) is 2. The molecule has 42 heavy (non-hydrogen) atoms. The van der Waals surface area contributed by atoms with Gasteiger partial charge in [0.25, 0.3) is 0 Å². The molecular weight excluding hydrogens is 600 g/mol. The predicted molar refractivity (Wildman–Crippen MR) is 171 cm³/mol. The number of carbonyl (C=O) groups excluding carboxylic acids is 2. The Labute approximate surface area is 255 Å². The zero-order valence-electron chi connectivity index (χ0n) is 24.8. The molecule has 0 spiro atoms. The van der Waals surface area contributed by atoms with Gasteiger partial charge in [-0.05, 0) is 64.4 Å². The van der Waals surface area contributed by atoms with Gasteiger partial charge in [0.2, 0.25) is 11.9 Å². The Hall–Kier alpha value is -4.16.